The standard InChI is InChI=1S/C16H29NO4/c1-11(2)13(14(18)20-6)12-9-7-8-10-17(12)15(19)21-16(3,4)5/h11-13H,7-10H2,1-6H3. The Morgan fingerprint density at radius 1 is 1.19 bits per heavy atom. The van der Waals surface area contributed by atoms with Gasteiger partial charge in [-0.1, -0.05) is 13.8 Å². The van der Waals surface area contributed by atoms with Gasteiger partial charge in [0.2, 0.25) is 0 Å². The van der Waals surface area contributed by atoms with Crippen LogP contribution >= 0.6 is 0 Å². The Hall–Kier alpha value is -1.26. The number of ether oxygens (including phenoxy) is 2. The second-order valence-electron chi connectivity index (χ2n) is 7.03. The van der Waals surface area contributed by atoms with E-state index in [-0.39, 0.29) is 29.9 Å². The SMILES string of the molecule is COC(=O)C(C(C)C)C1CCCCN1C(=O)OC(C)(C)C. The third-order valence-electron chi connectivity index (χ3n) is 3.78. The van der Waals surface area contributed by atoms with Gasteiger partial charge in [0.25, 0.3) is 0 Å². The molecule has 0 aliphatic carbocycles. The van der Waals surface area contributed by atoms with E-state index < -0.39 is 5.60 Å². The largest absolute Gasteiger partial charge is 0.469 e. The number of rotatable bonds is 3. The summed E-state index contributed by atoms with van der Waals surface area (Å²) in [6, 6.07) is -0.138. The zero-order chi connectivity index (χ0) is 16.2. The van der Waals surface area contributed by atoms with Crippen molar-refractivity contribution in [2.75, 3.05) is 13.7 Å². The average Bonchev–Trinajstić information content (AvgIpc) is 2.36. The molecule has 1 aliphatic heterocycles. The van der Waals surface area contributed by atoms with Crippen molar-refractivity contribution < 1.29 is 19.1 Å². The predicted molar refractivity (Wildman–Crippen MR) is 80.9 cm³/mol. The maximum atomic E-state index is 12.4. The van der Waals surface area contributed by atoms with Gasteiger partial charge in [0.1, 0.15) is 5.60 Å². The van der Waals surface area contributed by atoms with Gasteiger partial charge in [-0.15, -0.1) is 0 Å². The highest BCUT2D eigenvalue weighted by molar-refractivity contribution is 5.75. The quantitative estimate of drug-likeness (QED) is 0.751. The maximum Gasteiger partial charge on any atom is 0.410 e. The molecule has 1 heterocycles. The molecular formula is C16H29NO4. The van der Waals surface area contributed by atoms with E-state index >= 15 is 0 Å². The molecule has 1 rings (SSSR count). The zero-order valence-corrected chi connectivity index (χ0v) is 14.1. The fraction of sp³-hybridized carbons (Fsp3) is 0.875. The molecular weight excluding hydrogens is 270 g/mol. The van der Waals surface area contributed by atoms with Crippen LogP contribution in [0.25, 0.3) is 0 Å². The van der Waals surface area contributed by atoms with Crippen molar-refractivity contribution in [1.82, 2.24) is 4.90 Å². The molecule has 0 saturated carbocycles. The first-order chi connectivity index (χ1) is 9.67. The summed E-state index contributed by atoms with van der Waals surface area (Å²) >= 11 is 0. The molecule has 1 amide bonds. The van der Waals surface area contributed by atoms with E-state index in [1.165, 1.54) is 7.11 Å². The van der Waals surface area contributed by atoms with Crippen LogP contribution in [-0.4, -0.2) is 42.3 Å². The van der Waals surface area contributed by atoms with Gasteiger partial charge in [-0.05, 0) is 46.0 Å². The molecule has 0 N–H and O–H groups in total. The van der Waals surface area contributed by atoms with Crippen LogP contribution in [0.1, 0.15) is 53.9 Å². The number of carbonyl (C=O) groups excluding carboxylic acids is 2. The van der Waals surface area contributed by atoms with Crippen molar-refractivity contribution in [2.45, 2.75) is 65.5 Å². The Labute approximate surface area is 128 Å². The van der Waals surface area contributed by atoms with Gasteiger partial charge in [0, 0.05) is 12.6 Å². The molecule has 0 radical (unpaired) electrons. The summed E-state index contributed by atoms with van der Waals surface area (Å²) in [6.07, 6.45) is 2.45. The minimum absolute atomic E-state index is 0.116. The third kappa shape index (κ3) is 4.90. The number of amides is 1. The molecule has 1 saturated heterocycles. The van der Waals surface area contributed by atoms with Crippen molar-refractivity contribution >= 4 is 12.1 Å². The minimum Gasteiger partial charge on any atom is -0.469 e. The van der Waals surface area contributed by atoms with E-state index in [2.05, 4.69) is 0 Å². The number of nitrogens with zero attached hydrogens (tertiary/aromatic N) is 1. The van der Waals surface area contributed by atoms with Crippen molar-refractivity contribution in [1.29, 1.82) is 0 Å². The molecule has 0 aromatic heterocycles. The van der Waals surface area contributed by atoms with Crippen LogP contribution in [0, 0.1) is 11.8 Å². The summed E-state index contributed by atoms with van der Waals surface area (Å²) < 4.78 is 10.4. The van der Waals surface area contributed by atoms with E-state index in [4.69, 9.17) is 9.47 Å². The van der Waals surface area contributed by atoms with Crippen molar-refractivity contribution in [3.05, 3.63) is 0 Å². The Morgan fingerprint density at radius 2 is 1.81 bits per heavy atom. The first-order valence-electron chi connectivity index (χ1n) is 7.75. The first kappa shape index (κ1) is 17.8. The highest BCUT2D eigenvalue weighted by atomic mass is 16.6. The van der Waals surface area contributed by atoms with Crippen LogP contribution in [0.15, 0.2) is 0 Å². The van der Waals surface area contributed by atoms with Crippen molar-refractivity contribution in [2.24, 2.45) is 11.8 Å². The summed E-state index contributed by atoms with van der Waals surface area (Å²) in [5, 5.41) is 0. The molecule has 0 aromatic rings. The number of hydrogen-bond donors (Lipinski definition) is 0. The fourth-order valence-corrected chi connectivity index (χ4v) is 2.89. The van der Waals surface area contributed by atoms with E-state index in [1.807, 2.05) is 34.6 Å². The molecule has 21 heavy (non-hydrogen) atoms. The number of esters is 1. The molecule has 0 bridgehead atoms. The minimum atomic E-state index is -0.530. The van der Waals surface area contributed by atoms with Gasteiger partial charge in [0.05, 0.1) is 13.0 Å². The van der Waals surface area contributed by atoms with E-state index in [1.54, 1.807) is 4.90 Å². The third-order valence-corrected chi connectivity index (χ3v) is 3.78. The lowest BCUT2D eigenvalue weighted by Crippen LogP contribution is -2.52. The highest BCUT2D eigenvalue weighted by Crippen LogP contribution is 2.30. The number of methoxy groups -OCH3 is 1. The van der Waals surface area contributed by atoms with Gasteiger partial charge < -0.3 is 14.4 Å². The lowest BCUT2D eigenvalue weighted by atomic mass is 9.83. The molecule has 0 spiro atoms. The number of piperidine rings is 1. The van der Waals surface area contributed by atoms with Crippen LogP contribution in [-0.2, 0) is 14.3 Å². The Morgan fingerprint density at radius 3 is 2.29 bits per heavy atom. The monoisotopic (exact) mass is 299 g/mol. The lowest BCUT2D eigenvalue weighted by molar-refractivity contribution is -0.150. The van der Waals surface area contributed by atoms with E-state index in [0.29, 0.717) is 6.54 Å². The van der Waals surface area contributed by atoms with Crippen molar-refractivity contribution in [3.63, 3.8) is 0 Å². The summed E-state index contributed by atoms with van der Waals surface area (Å²) in [4.78, 5) is 26.2. The fourth-order valence-electron chi connectivity index (χ4n) is 2.89. The van der Waals surface area contributed by atoms with E-state index in [9.17, 15) is 9.59 Å². The van der Waals surface area contributed by atoms with Crippen LogP contribution < -0.4 is 0 Å². The Balaban J connectivity index is 2.94. The second-order valence-corrected chi connectivity index (χ2v) is 7.03. The van der Waals surface area contributed by atoms with Crippen LogP contribution in [0.2, 0.25) is 0 Å². The van der Waals surface area contributed by atoms with Gasteiger partial charge in [-0.3, -0.25) is 4.79 Å². The highest BCUT2D eigenvalue weighted by Gasteiger charge is 2.40. The molecule has 1 aliphatic rings. The Bertz CT molecular complexity index is 373. The molecule has 2 atom stereocenters. The molecule has 1 fully saturated rings. The smallest absolute Gasteiger partial charge is 0.410 e. The summed E-state index contributed by atoms with van der Waals surface area (Å²) in [6.45, 7) is 10.2. The Kier molecular flexibility index (Phi) is 6.05. The van der Waals surface area contributed by atoms with Gasteiger partial charge in [0.15, 0.2) is 0 Å². The number of likely N-dealkylation sites (tertiary alicyclic amines) is 1. The molecule has 2 unspecified atom stereocenters. The van der Waals surface area contributed by atoms with E-state index in [0.717, 1.165) is 19.3 Å². The maximum absolute atomic E-state index is 12.4. The molecule has 0 aromatic carbocycles. The summed E-state index contributed by atoms with van der Waals surface area (Å²) in [5.41, 5.74) is -0.530. The van der Waals surface area contributed by atoms with Gasteiger partial charge >= 0.3 is 12.1 Å². The van der Waals surface area contributed by atoms with Crippen LogP contribution in [0.5, 0.6) is 0 Å². The normalized spacial score (nSPS) is 21.1. The van der Waals surface area contributed by atoms with Crippen LogP contribution in [0.4, 0.5) is 4.79 Å². The average molecular weight is 299 g/mol. The van der Waals surface area contributed by atoms with Gasteiger partial charge in [-0.25, -0.2) is 4.79 Å². The second kappa shape index (κ2) is 7.14. The number of carbonyl (C=O) groups is 2. The van der Waals surface area contributed by atoms with Crippen molar-refractivity contribution in [3.8, 4) is 0 Å². The first-order valence-corrected chi connectivity index (χ1v) is 7.75. The topological polar surface area (TPSA) is 55.8 Å². The molecule has 5 nitrogen and oxygen atoms in total. The number of hydrogen-bond acceptors (Lipinski definition) is 4. The van der Waals surface area contributed by atoms with Gasteiger partial charge in [-0.2, -0.15) is 0 Å². The lowest BCUT2D eigenvalue weighted by Gasteiger charge is -2.41. The molecule has 5 heteroatoms. The van der Waals surface area contributed by atoms with Crippen LogP contribution in [0.3, 0.4) is 0 Å². The zero-order valence-electron chi connectivity index (χ0n) is 14.1. The predicted octanol–water partition coefficient (Wildman–Crippen LogP) is 3.22. The summed E-state index contributed by atoms with van der Waals surface area (Å²) in [7, 11) is 1.40. The summed E-state index contributed by atoms with van der Waals surface area (Å²) in [5.74, 6) is -0.432. The molecule has 122 valence electrons.